The number of carbonyl (C=O) groups excluding carboxylic acids is 2. The molecule has 7 heteroatoms. The van der Waals surface area contributed by atoms with Crippen molar-refractivity contribution in [2.45, 2.75) is 25.8 Å². The Hall–Kier alpha value is -2.57. The number of hydrogen-bond donors (Lipinski definition) is 3. The molecule has 0 bridgehead atoms. The highest BCUT2D eigenvalue weighted by atomic mass is 35.5. The first-order valence-corrected chi connectivity index (χ1v) is 9.58. The van der Waals surface area contributed by atoms with Gasteiger partial charge < -0.3 is 20.7 Å². The maximum atomic E-state index is 12.5. The van der Waals surface area contributed by atoms with Crippen LogP contribution in [0.1, 0.15) is 31.4 Å². The van der Waals surface area contributed by atoms with Crippen LogP contribution in [0.15, 0.2) is 42.5 Å². The molecule has 28 heavy (non-hydrogen) atoms. The van der Waals surface area contributed by atoms with E-state index in [0.29, 0.717) is 28.1 Å². The molecule has 2 aromatic rings. The minimum atomic E-state index is -0.183. The lowest BCUT2D eigenvalue weighted by Gasteiger charge is -2.19. The van der Waals surface area contributed by atoms with Crippen molar-refractivity contribution in [1.29, 1.82) is 0 Å². The molecule has 1 atom stereocenters. The molecule has 0 saturated heterocycles. The Kier molecular flexibility index (Phi) is 6.54. The van der Waals surface area contributed by atoms with Gasteiger partial charge in [-0.2, -0.15) is 0 Å². The summed E-state index contributed by atoms with van der Waals surface area (Å²) in [6, 6.07) is 12.9. The van der Waals surface area contributed by atoms with E-state index < -0.39 is 0 Å². The highest BCUT2D eigenvalue weighted by molar-refractivity contribution is 6.30. The van der Waals surface area contributed by atoms with Gasteiger partial charge in [0, 0.05) is 23.7 Å². The molecule has 1 fully saturated rings. The highest BCUT2D eigenvalue weighted by Gasteiger charge is 2.32. The first-order chi connectivity index (χ1) is 13.5. The largest absolute Gasteiger partial charge is 0.495 e. The molecule has 0 aliphatic heterocycles. The first-order valence-electron chi connectivity index (χ1n) is 9.20. The number of methoxy groups -OCH3 is 1. The van der Waals surface area contributed by atoms with Crippen molar-refractivity contribution in [3.63, 3.8) is 0 Å². The minimum Gasteiger partial charge on any atom is -0.495 e. The van der Waals surface area contributed by atoms with Gasteiger partial charge in [-0.3, -0.25) is 9.59 Å². The van der Waals surface area contributed by atoms with Crippen molar-refractivity contribution in [2.24, 2.45) is 5.92 Å². The number of nitrogens with one attached hydrogen (secondary N) is 3. The molecule has 0 spiro atoms. The summed E-state index contributed by atoms with van der Waals surface area (Å²) in [4.78, 5) is 23.8. The zero-order chi connectivity index (χ0) is 20.1. The topological polar surface area (TPSA) is 79.5 Å². The number of ether oxygens (including phenoxy) is 1. The van der Waals surface area contributed by atoms with Gasteiger partial charge in [0.05, 0.1) is 19.3 Å². The molecule has 2 aromatic carbocycles. The standard InChI is InChI=1S/C21H24ClN3O3/c1-13(26)24-17-9-10-19(28-2)18(11-17)25-20(27)12-23-21(14-3-4-14)15-5-7-16(22)8-6-15/h5-11,14,21,23H,3-4,12H2,1-2H3,(H,24,26)(H,25,27)/t21-/m1/s1. The summed E-state index contributed by atoms with van der Waals surface area (Å²) in [5.41, 5.74) is 2.23. The van der Waals surface area contributed by atoms with Gasteiger partial charge in [-0.1, -0.05) is 23.7 Å². The average molecular weight is 402 g/mol. The summed E-state index contributed by atoms with van der Waals surface area (Å²) >= 11 is 5.98. The van der Waals surface area contributed by atoms with Gasteiger partial charge in [0.1, 0.15) is 5.75 Å². The van der Waals surface area contributed by atoms with Crippen LogP contribution < -0.4 is 20.7 Å². The van der Waals surface area contributed by atoms with Gasteiger partial charge in [-0.15, -0.1) is 0 Å². The summed E-state index contributed by atoms with van der Waals surface area (Å²) < 4.78 is 5.30. The summed E-state index contributed by atoms with van der Waals surface area (Å²) in [6.07, 6.45) is 2.29. The average Bonchev–Trinajstić information content (AvgIpc) is 3.48. The van der Waals surface area contributed by atoms with E-state index >= 15 is 0 Å². The van der Waals surface area contributed by atoms with Gasteiger partial charge >= 0.3 is 0 Å². The van der Waals surface area contributed by atoms with Crippen LogP contribution >= 0.6 is 11.6 Å². The summed E-state index contributed by atoms with van der Waals surface area (Å²) in [5, 5.41) is 9.60. The fourth-order valence-corrected chi connectivity index (χ4v) is 3.27. The van der Waals surface area contributed by atoms with E-state index in [-0.39, 0.29) is 24.4 Å². The third-order valence-electron chi connectivity index (χ3n) is 4.60. The molecule has 2 amide bonds. The smallest absolute Gasteiger partial charge is 0.238 e. The molecular weight excluding hydrogens is 378 g/mol. The van der Waals surface area contributed by atoms with E-state index in [2.05, 4.69) is 16.0 Å². The highest BCUT2D eigenvalue weighted by Crippen LogP contribution is 2.41. The SMILES string of the molecule is COc1ccc(NC(C)=O)cc1NC(=O)CN[C@@H](c1ccc(Cl)cc1)C1CC1. The van der Waals surface area contributed by atoms with Crippen LogP contribution in [0.3, 0.4) is 0 Å². The Balaban J connectivity index is 1.64. The molecule has 3 rings (SSSR count). The number of carbonyl (C=O) groups is 2. The number of halogens is 1. The van der Waals surface area contributed by atoms with E-state index in [9.17, 15) is 9.59 Å². The zero-order valence-corrected chi connectivity index (χ0v) is 16.7. The van der Waals surface area contributed by atoms with E-state index in [4.69, 9.17) is 16.3 Å². The first kappa shape index (κ1) is 20.2. The lowest BCUT2D eigenvalue weighted by molar-refractivity contribution is -0.115. The predicted octanol–water partition coefficient (Wildman–Crippen LogP) is 3.99. The van der Waals surface area contributed by atoms with Gasteiger partial charge in [0.25, 0.3) is 0 Å². The second-order valence-corrected chi connectivity index (χ2v) is 7.33. The third kappa shape index (κ3) is 5.47. The molecule has 1 aliphatic rings. The molecule has 6 nitrogen and oxygen atoms in total. The zero-order valence-electron chi connectivity index (χ0n) is 15.9. The molecule has 1 saturated carbocycles. The molecule has 0 aromatic heterocycles. The number of benzene rings is 2. The van der Waals surface area contributed by atoms with Crippen LogP contribution in [0.4, 0.5) is 11.4 Å². The predicted molar refractivity (Wildman–Crippen MR) is 111 cm³/mol. The van der Waals surface area contributed by atoms with Crippen molar-refractivity contribution < 1.29 is 14.3 Å². The van der Waals surface area contributed by atoms with Crippen LogP contribution in [-0.4, -0.2) is 25.5 Å². The van der Waals surface area contributed by atoms with Gasteiger partial charge in [0.2, 0.25) is 11.8 Å². The molecule has 0 radical (unpaired) electrons. The monoisotopic (exact) mass is 401 g/mol. The molecule has 148 valence electrons. The van der Waals surface area contributed by atoms with Crippen LogP contribution in [0, 0.1) is 5.92 Å². The maximum Gasteiger partial charge on any atom is 0.238 e. The van der Waals surface area contributed by atoms with E-state index in [1.54, 1.807) is 18.2 Å². The van der Waals surface area contributed by atoms with Crippen LogP contribution in [0.25, 0.3) is 0 Å². The van der Waals surface area contributed by atoms with E-state index in [1.165, 1.54) is 14.0 Å². The quantitative estimate of drug-likeness (QED) is 0.625. The molecular formula is C21H24ClN3O3. The van der Waals surface area contributed by atoms with Gasteiger partial charge in [-0.25, -0.2) is 0 Å². The molecule has 0 heterocycles. The second-order valence-electron chi connectivity index (χ2n) is 6.89. The Bertz CT molecular complexity index is 850. The lowest BCUT2D eigenvalue weighted by atomic mass is 10.0. The normalized spacial score (nSPS) is 14.2. The van der Waals surface area contributed by atoms with Gasteiger partial charge in [0.15, 0.2) is 0 Å². The Morgan fingerprint density at radius 3 is 2.46 bits per heavy atom. The number of anilines is 2. The number of hydrogen-bond acceptors (Lipinski definition) is 4. The van der Waals surface area contributed by atoms with Crippen LogP contribution in [0.5, 0.6) is 5.75 Å². The lowest BCUT2D eigenvalue weighted by Crippen LogP contribution is -2.32. The maximum absolute atomic E-state index is 12.5. The van der Waals surface area contributed by atoms with E-state index in [1.807, 2.05) is 24.3 Å². The van der Waals surface area contributed by atoms with E-state index in [0.717, 1.165) is 18.4 Å². The molecule has 1 aliphatic carbocycles. The van der Waals surface area contributed by atoms with Crippen molar-refractivity contribution in [3.05, 3.63) is 53.1 Å². The van der Waals surface area contributed by atoms with Crippen molar-refractivity contribution in [3.8, 4) is 5.75 Å². The van der Waals surface area contributed by atoms with Crippen LogP contribution in [-0.2, 0) is 9.59 Å². The Labute approximate surface area is 169 Å². The molecule has 0 unspecified atom stereocenters. The van der Waals surface area contributed by atoms with Crippen molar-refractivity contribution in [1.82, 2.24) is 5.32 Å². The van der Waals surface area contributed by atoms with Crippen molar-refractivity contribution >= 4 is 34.8 Å². The fourth-order valence-electron chi connectivity index (χ4n) is 3.14. The van der Waals surface area contributed by atoms with Crippen molar-refractivity contribution in [2.75, 3.05) is 24.3 Å². The van der Waals surface area contributed by atoms with Gasteiger partial charge in [-0.05, 0) is 54.7 Å². The number of amides is 2. The Morgan fingerprint density at radius 1 is 1.14 bits per heavy atom. The summed E-state index contributed by atoms with van der Waals surface area (Å²) in [7, 11) is 1.53. The number of rotatable bonds is 8. The van der Waals surface area contributed by atoms with Crippen LogP contribution in [0.2, 0.25) is 5.02 Å². The Morgan fingerprint density at radius 2 is 1.86 bits per heavy atom. The summed E-state index contributed by atoms with van der Waals surface area (Å²) in [6.45, 7) is 1.60. The minimum absolute atomic E-state index is 0.121. The molecule has 3 N–H and O–H groups in total. The fraction of sp³-hybridized carbons (Fsp3) is 0.333. The third-order valence-corrected chi connectivity index (χ3v) is 4.85. The second kappa shape index (κ2) is 9.08. The summed E-state index contributed by atoms with van der Waals surface area (Å²) in [5.74, 6) is 0.697.